The van der Waals surface area contributed by atoms with Crippen LogP contribution >= 0.6 is 34.0 Å². The molecule has 2 amide bonds. The first kappa shape index (κ1) is 79.5. The van der Waals surface area contributed by atoms with E-state index < -0.39 is 17.5 Å². The Morgan fingerprint density at radius 1 is 0.667 bits per heavy atom. The number of nitrogens with two attached hydrogens (primary N) is 1. The van der Waals surface area contributed by atoms with E-state index in [9.17, 15) is 14.4 Å². The zero-order chi connectivity index (χ0) is 69.7. The van der Waals surface area contributed by atoms with Crippen molar-refractivity contribution in [2.75, 3.05) is 51.8 Å². The number of carboxylic acids is 1. The van der Waals surface area contributed by atoms with Crippen LogP contribution < -0.4 is 45.9 Å². The van der Waals surface area contributed by atoms with Crippen LogP contribution in [0, 0.1) is 17.8 Å². The number of carboxylic acid groups (broad SMARTS) is 1. The summed E-state index contributed by atoms with van der Waals surface area (Å²) in [5.41, 5.74) is 15.5. The number of benzene rings is 3. The summed E-state index contributed by atoms with van der Waals surface area (Å²) in [5, 5.41) is 18.2. The van der Waals surface area contributed by atoms with E-state index in [2.05, 4.69) is 174 Å². The SMILES string of the molecule is CC1CC[C@H](c2ccc3sc(C4C[C@@H](C)N(C)[C@@H](C)C4)nc3c2)NC1.CCc1cc(NC(=O)C(=O)O)cnc1N.C[C@H]1CC=C(c2ccc3sc(C4C[C@@H](C)N(C)[C@@H](C)C4)nc3c2)N(C(=O)OC(C)(C)C)C1.C[C@H]1CCC(c2ccc3sc(C4C[C@@H](C)N(C)[C@@H](C)C4)nc3c2)=NC1.[B].[H-].[Na+]. The van der Waals surface area contributed by atoms with Crippen molar-refractivity contribution in [1.82, 2.24) is 44.9 Å². The minimum Gasteiger partial charge on any atom is -1.00 e. The number of carbonyl (C=O) groups is 3. The number of nitrogen functional groups attached to an aromatic ring is 1. The Morgan fingerprint density at radius 3 is 1.61 bits per heavy atom. The Bertz CT molecular complexity index is 3930. The van der Waals surface area contributed by atoms with Crippen LogP contribution in [0.2, 0.25) is 0 Å². The van der Waals surface area contributed by atoms with E-state index >= 15 is 0 Å². The Balaban J connectivity index is 0.000000191. The molecule has 529 valence electrons. The number of allylic oxidation sites excluding steroid dienone is 1. The van der Waals surface area contributed by atoms with Crippen LogP contribution in [0.25, 0.3) is 36.3 Å². The molecule has 3 aromatic carbocycles. The first-order valence-electron chi connectivity index (χ1n) is 35.7. The molecule has 4 saturated heterocycles. The number of amides is 2. The Labute approximate surface area is 626 Å². The second-order valence-corrected chi connectivity index (χ2v) is 33.5. The fraction of sp³-hybridized carbons (Fsp3) is 0.584. The van der Waals surface area contributed by atoms with Gasteiger partial charge in [0.25, 0.3) is 0 Å². The topological polar surface area (TPSA) is 208 Å². The number of fused-ring (bicyclic) bond motifs is 3. The number of aliphatic imine (C=N–C) groups is 1. The third-order valence-electron chi connectivity index (χ3n) is 21.3. The van der Waals surface area contributed by atoms with Gasteiger partial charge in [0.05, 0.1) is 63.3 Å². The number of nitrogens with one attached hydrogen (secondary N) is 2. The Hall–Kier alpha value is -5.20. The number of pyridine rings is 1. The standard InChI is InChI=1S/C26H37N3O2S.C21H31N3S.C21H29N3S.C9H11N3O3.B.Na.H/c1-16-8-10-22(29(15-16)25(30)31-26(4,5)6)19-9-11-23-21(14-19)27-24(32-23)20-12-17(2)28(7)18(3)13-20;2*1-13-5-7-18(22-12-13)16-6-8-20-19(11-16)23-21(25-20)17-9-14(2)24(4)15(3)10-17;1-2-5-3-6(4-11-7(5)10)12-8(13)9(14)15;;;/h9-11,14,16-18,20H,8,12-13,15H2,1-7H3;6,8,11,13-15,17-18,22H,5,7,9-10,12H2,1-4H3;6,8,11,13-15,17H,5,7,9-10,12H2,1-4H3;3-4H,2H2,1H3,(H2,10,11)(H,12,13)(H,14,15);;;/q;;;;;+1;-1/t16-,17-,18+,20?;13?,14-,15+,17?,18-;13-,14-,15+,17?;;;;/m010..../s1. The minimum atomic E-state index is -1.54. The predicted octanol–water partition coefficient (Wildman–Crippen LogP) is 13.5. The van der Waals surface area contributed by atoms with Gasteiger partial charge in [-0.15, -0.1) is 34.0 Å². The van der Waals surface area contributed by atoms with Crippen LogP contribution in [0.15, 0.2) is 77.9 Å². The van der Waals surface area contributed by atoms with Gasteiger partial charge in [-0.05, 0) is 244 Å². The molecule has 6 aliphatic rings. The molecule has 0 spiro atoms. The number of rotatable bonds is 8. The average molecular weight is 1410 g/mol. The normalized spacial score (nSPS) is 26.9. The molecular formula is C77H109BN12NaO5S3. The van der Waals surface area contributed by atoms with E-state index in [1.54, 1.807) is 11.0 Å². The van der Waals surface area contributed by atoms with Crippen molar-refractivity contribution in [3.63, 3.8) is 0 Å². The molecule has 6 aliphatic heterocycles. The molecule has 13 atom stereocenters. The van der Waals surface area contributed by atoms with Crippen molar-refractivity contribution in [3.05, 3.63) is 110 Å². The number of aryl methyl sites for hydroxylation is 1. The molecule has 4 fully saturated rings. The molecule has 99 heavy (non-hydrogen) atoms. The molecule has 10 heterocycles. The first-order chi connectivity index (χ1) is 46.1. The molecule has 13 rings (SSSR count). The van der Waals surface area contributed by atoms with Crippen molar-refractivity contribution < 1.29 is 55.2 Å². The molecule has 22 heteroatoms. The van der Waals surface area contributed by atoms with E-state index in [1.165, 1.54) is 103 Å². The largest absolute Gasteiger partial charge is 1.00 e. The first-order valence-corrected chi connectivity index (χ1v) is 38.2. The predicted molar refractivity (Wildman–Crippen MR) is 410 cm³/mol. The van der Waals surface area contributed by atoms with E-state index in [0.717, 1.165) is 78.5 Å². The number of anilines is 2. The van der Waals surface area contributed by atoms with Crippen molar-refractivity contribution >= 4 is 114 Å². The molecule has 4 aromatic heterocycles. The van der Waals surface area contributed by atoms with Gasteiger partial charge in [-0.1, -0.05) is 52.0 Å². The van der Waals surface area contributed by atoms with Crippen LogP contribution in [0.5, 0.6) is 0 Å². The van der Waals surface area contributed by atoms with Gasteiger partial charge in [-0.3, -0.25) is 14.7 Å². The molecule has 0 bridgehead atoms. The zero-order valence-corrected chi connectivity index (χ0v) is 66.5. The van der Waals surface area contributed by atoms with Gasteiger partial charge in [-0.25, -0.2) is 29.5 Å². The van der Waals surface area contributed by atoms with Crippen molar-refractivity contribution in [2.24, 2.45) is 22.7 Å². The summed E-state index contributed by atoms with van der Waals surface area (Å²) in [5.74, 6) is 1.44. The van der Waals surface area contributed by atoms with Crippen molar-refractivity contribution in [2.45, 2.75) is 233 Å². The number of aromatic nitrogens is 4. The summed E-state index contributed by atoms with van der Waals surface area (Å²) < 4.78 is 9.60. The summed E-state index contributed by atoms with van der Waals surface area (Å²) in [7, 11) is 6.74. The number of aliphatic carboxylic acids is 1. The summed E-state index contributed by atoms with van der Waals surface area (Å²) in [6.45, 7) is 31.2. The second kappa shape index (κ2) is 34.9. The monoisotopic (exact) mass is 1410 g/mol. The third-order valence-corrected chi connectivity index (χ3v) is 24.9. The van der Waals surface area contributed by atoms with Crippen molar-refractivity contribution in [3.8, 4) is 0 Å². The van der Waals surface area contributed by atoms with Gasteiger partial charge in [0.2, 0.25) is 0 Å². The summed E-state index contributed by atoms with van der Waals surface area (Å²) in [6, 6.07) is 26.0. The summed E-state index contributed by atoms with van der Waals surface area (Å²) in [4.78, 5) is 67.2. The van der Waals surface area contributed by atoms with Crippen LogP contribution in [-0.4, -0.2) is 159 Å². The smallest absolute Gasteiger partial charge is 1.00 e. The van der Waals surface area contributed by atoms with E-state index in [4.69, 9.17) is 35.5 Å². The van der Waals surface area contributed by atoms with E-state index in [-0.39, 0.29) is 45.5 Å². The number of hydrogen-bond acceptors (Lipinski definition) is 17. The summed E-state index contributed by atoms with van der Waals surface area (Å²) >= 11 is 5.64. The minimum absolute atomic E-state index is 0. The fourth-order valence-electron chi connectivity index (χ4n) is 14.7. The fourth-order valence-corrected chi connectivity index (χ4v) is 17.9. The molecule has 3 radical (unpaired) electrons. The summed E-state index contributed by atoms with van der Waals surface area (Å²) in [6.07, 6.45) is 17.0. The molecule has 4 unspecified atom stereocenters. The quantitative estimate of drug-likeness (QED) is 0.0825. The van der Waals surface area contributed by atoms with Gasteiger partial charge in [0.15, 0.2) is 0 Å². The molecular weight excluding hydrogens is 1300 g/mol. The molecule has 0 saturated carbocycles. The molecule has 17 nitrogen and oxygen atoms in total. The Morgan fingerprint density at radius 2 is 1.15 bits per heavy atom. The molecule has 5 N–H and O–H groups in total. The third kappa shape index (κ3) is 20.2. The molecule has 7 aromatic rings. The van der Waals surface area contributed by atoms with Gasteiger partial charge >= 0.3 is 47.5 Å². The van der Waals surface area contributed by atoms with Crippen LogP contribution in [0.1, 0.15) is 223 Å². The number of ether oxygens (including phenoxy) is 1. The number of hydrogen-bond donors (Lipinski definition) is 4. The van der Waals surface area contributed by atoms with Crippen molar-refractivity contribution in [1.29, 1.82) is 0 Å². The Kier molecular flexibility index (Phi) is 28.0. The number of carbonyl (C=O) groups excluding carboxylic acids is 2. The maximum Gasteiger partial charge on any atom is 1.00 e. The van der Waals surface area contributed by atoms with Crippen LogP contribution in [0.4, 0.5) is 16.3 Å². The number of nitrogens with zero attached hydrogens (tertiary/aromatic N) is 9. The average Bonchev–Trinajstić information content (AvgIpc) is 1.61. The van der Waals surface area contributed by atoms with Gasteiger partial charge in [-0.2, -0.15) is 0 Å². The zero-order valence-electron chi connectivity index (χ0n) is 63.0. The van der Waals surface area contributed by atoms with Gasteiger partial charge in [0.1, 0.15) is 11.4 Å². The number of thiazole rings is 3. The maximum atomic E-state index is 13.0. The van der Waals surface area contributed by atoms with Crippen LogP contribution in [-0.2, 0) is 20.7 Å². The van der Waals surface area contributed by atoms with Crippen LogP contribution in [0.3, 0.4) is 0 Å². The van der Waals surface area contributed by atoms with E-state index in [0.29, 0.717) is 90.4 Å². The number of likely N-dealkylation sites (tertiary alicyclic amines) is 3. The number of piperidine rings is 4. The van der Waals surface area contributed by atoms with Gasteiger partial charge in [0, 0.05) is 92.8 Å². The van der Waals surface area contributed by atoms with Gasteiger partial charge < -0.3 is 42.3 Å². The second-order valence-electron chi connectivity index (χ2n) is 30.3. The maximum absolute atomic E-state index is 13.0. The van der Waals surface area contributed by atoms with E-state index in [1.807, 2.05) is 61.7 Å². The molecule has 0 aliphatic carbocycles.